The number of aromatic nitrogens is 6. The van der Waals surface area contributed by atoms with Crippen molar-refractivity contribution >= 4 is 22.8 Å². The zero-order valence-corrected chi connectivity index (χ0v) is 18.5. The zero-order valence-electron chi connectivity index (χ0n) is 17.8. The third kappa shape index (κ3) is 4.72. The third-order valence-corrected chi connectivity index (χ3v) is 5.41. The number of nitrogens with zero attached hydrogens (tertiary/aromatic N) is 5. The summed E-state index contributed by atoms with van der Waals surface area (Å²) in [5, 5.41) is 3.87. The predicted octanol–water partition coefficient (Wildman–Crippen LogP) is 3.69. The predicted molar refractivity (Wildman–Crippen MR) is 117 cm³/mol. The highest BCUT2D eigenvalue weighted by molar-refractivity contribution is 6.28. The molecular formula is C21H21ClF2N6O3. The second-order valence-corrected chi connectivity index (χ2v) is 7.93. The minimum Gasteiger partial charge on any atom is -0.334 e. The Morgan fingerprint density at radius 1 is 1.09 bits per heavy atom. The molecule has 0 aliphatic heterocycles. The number of imidazole rings is 1. The maximum Gasteiger partial charge on any atom is 0.332 e. The molecule has 9 nitrogen and oxygen atoms in total. The van der Waals surface area contributed by atoms with Gasteiger partial charge in [0.05, 0.1) is 5.56 Å². The Kier molecular flexibility index (Phi) is 6.68. The van der Waals surface area contributed by atoms with Gasteiger partial charge in [0.15, 0.2) is 17.0 Å². The SMILES string of the molecule is CCCCn1c(=O)n(CCCCc2noc(-c3ccc(F)cc3F)n2)c(=O)c2[nH]c(Cl)nc21. The number of hydrogen-bond acceptors (Lipinski definition) is 6. The summed E-state index contributed by atoms with van der Waals surface area (Å²) < 4.78 is 34.7. The summed E-state index contributed by atoms with van der Waals surface area (Å²) in [4.78, 5) is 36.7. The van der Waals surface area contributed by atoms with Crippen LogP contribution in [0.15, 0.2) is 32.3 Å². The average molecular weight is 479 g/mol. The number of fused-ring (bicyclic) bond motifs is 1. The Morgan fingerprint density at radius 3 is 2.64 bits per heavy atom. The van der Waals surface area contributed by atoms with Crippen LogP contribution < -0.4 is 11.2 Å². The average Bonchev–Trinajstić information content (AvgIpc) is 3.40. The molecule has 3 aromatic heterocycles. The van der Waals surface area contributed by atoms with Crippen molar-refractivity contribution in [2.45, 2.75) is 52.1 Å². The van der Waals surface area contributed by atoms with Crippen LogP contribution in [-0.4, -0.2) is 29.2 Å². The lowest BCUT2D eigenvalue weighted by molar-refractivity contribution is 0.418. The van der Waals surface area contributed by atoms with Crippen molar-refractivity contribution in [2.24, 2.45) is 0 Å². The van der Waals surface area contributed by atoms with Crippen molar-refractivity contribution in [1.29, 1.82) is 0 Å². The first-order valence-electron chi connectivity index (χ1n) is 10.6. The van der Waals surface area contributed by atoms with Crippen LogP contribution in [-0.2, 0) is 19.5 Å². The molecule has 0 amide bonds. The monoisotopic (exact) mass is 478 g/mol. The maximum absolute atomic E-state index is 13.9. The van der Waals surface area contributed by atoms with Gasteiger partial charge < -0.3 is 9.51 Å². The molecule has 0 aliphatic rings. The van der Waals surface area contributed by atoms with E-state index in [4.69, 9.17) is 16.1 Å². The van der Waals surface area contributed by atoms with Crippen LogP contribution in [0.3, 0.4) is 0 Å². The van der Waals surface area contributed by atoms with Crippen LogP contribution in [0.4, 0.5) is 8.78 Å². The molecular weight excluding hydrogens is 458 g/mol. The number of H-pyrrole nitrogens is 1. The number of aryl methyl sites for hydroxylation is 2. The van der Waals surface area contributed by atoms with Crippen LogP contribution in [0, 0.1) is 11.6 Å². The van der Waals surface area contributed by atoms with Crippen LogP contribution in [0.25, 0.3) is 22.6 Å². The highest BCUT2D eigenvalue weighted by Gasteiger charge is 2.17. The Bertz CT molecular complexity index is 1410. The van der Waals surface area contributed by atoms with Gasteiger partial charge in [0.25, 0.3) is 11.4 Å². The zero-order chi connectivity index (χ0) is 23.5. The highest BCUT2D eigenvalue weighted by Crippen LogP contribution is 2.22. The fourth-order valence-electron chi connectivity index (χ4n) is 3.53. The van der Waals surface area contributed by atoms with Crippen molar-refractivity contribution < 1.29 is 13.3 Å². The number of unbranched alkanes of at least 4 members (excludes halogenated alkanes) is 2. The second kappa shape index (κ2) is 9.65. The lowest BCUT2D eigenvalue weighted by Gasteiger charge is -2.10. The van der Waals surface area contributed by atoms with Gasteiger partial charge in [-0.25, -0.2) is 13.6 Å². The standard InChI is InChI=1S/C21H21ClF2N6O3/c1-2-3-9-29-17-16(26-20(22)27-17)19(31)30(21(29)32)10-5-4-6-15-25-18(33-28-15)13-8-7-12(23)11-14(13)24/h7-8,11H,2-6,9-10H2,1H3,(H,26,27). The van der Waals surface area contributed by atoms with Crippen molar-refractivity contribution in [3.05, 3.63) is 61.8 Å². The van der Waals surface area contributed by atoms with Gasteiger partial charge in [-0.3, -0.25) is 13.9 Å². The molecule has 0 unspecified atom stereocenters. The van der Waals surface area contributed by atoms with Gasteiger partial charge in [0, 0.05) is 25.6 Å². The highest BCUT2D eigenvalue weighted by atomic mass is 35.5. The summed E-state index contributed by atoms with van der Waals surface area (Å²) in [6, 6.07) is 3.08. The lowest BCUT2D eigenvalue weighted by Crippen LogP contribution is -2.40. The summed E-state index contributed by atoms with van der Waals surface area (Å²) in [5.74, 6) is -1.19. The van der Waals surface area contributed by atoms with Crippen molar-refractivity contribution in [3.63, 3.8) is 0 Å². The van der Waals surface area contributed by atoms with Gasteiger partial charge >= 0.3 is 5.69 Å². The number of aromatic amines is 1. The quantitative estimate of drug-likeness (QED) is 0.290. The number of benzene rings is 1. The Morgan fingerprint density at radius 2 is 1.88 bits per heavy atom. The normalized spacial score (nSPS) is 11.5. The fourth-order valence-corrected chi connectivity index (χ4v) is 3.71. The number of hydrogen-bond donors (Lipinski definition) is 1. The van der Waals surface area contributed by atoms with Crippen LogP contribution in [0.2, 0.25) is 5.28 Å². The molecule has 12 heteroatoms. The van der Waals surface area contributed by atoms with E-state index in [2.05, 4.69) is 20.1 Å². The topological polar surface area (TPSA) is 112 Å². The second-order valence-electron chi connectivity index (χ2n) is 7.57. The molecule has 0 saturated heterocycles. The van der Waals surface area contributed by atoms with Crippen LogP contribution >= 0.6 is 11.6 Å². The molecule has 0 fully saturated rings. The molecule has 0 radical (unpaired) electrons. The number of halogens is 3. The van der Waals surface area contributed by atoms with Crippen molar-refractivity contribution in [1.82, 2.24) is 29.2 Å². The molecule has 0 saturated carbocycles. The minimum absolute atomic E-state index is 0.0147. The maximum atomic E-state index is 13.9. The van der Waals surface area contributed by atoms with Gasteiger partial charge in [0.2, 0.25) is 5.28 Å². The Hall–Kier alpha value is -3.34. The van der Waals surface area contributed by atoms with E-state index in [0.29, 0.717) is 31.6 Å². The largest absolute Gasteiger partial charge is 0.334 e. The van der Waals surface area contributed by atoms with E-state index >= 15 is 0 Å². The van der Waals surface area contributed by atoms with Crippen LogP contribution in [0.5, 0.6) is 0 Å². The molecule has 0 spiro atoms. The first-order valence-corrected chi connectivity index (χ1v) is 10.9. The van der Waals surface area contributed by atoms with Crippen LogP contribution in [0.1, 0.15) is 38.4 Å². The Balaban J connectivity index is 1.46. The summed E-state index contributed by atoms with van der Waals surface area (Å²) >= 11 is 5.93. The first kappa shape index (κ1) is 22.8. The molecule has 3 heterocycles. The first-order chi connectivity index (χ1) is 15.9. The van der Waals surface area contributed by atoms with E-state index in [1.54, 1.807) is 0 Å². The van der Waals surface area contributed by atoms with E-state index in [9.17, 15) is 18.4 Å². The molecule has 1 aromatic carbocycles. The molecule has 0 atom stereocenters. The van der Waals surface area contributed by atoms with Gasteiger partial charge in [-0.15, -0.1) is 0 Å². The molecule has 0 aliphatic carbocycles. The lowest BCUT2D eigenvalue weighted by atomic mass is 10.2. The molecule has 174 valence electrons. The third-order valence-electron chi connectivity index (χ3n) is 5.23. The minimum atomic E-state index is -0.793. The van der Waals surface area contributed by atoms with Gasteiger partial charge in [-0.1, -0.05) is 18.5 Å². The molecule has 1 N–H and O–H groups in total. The van der Waals surface area contributed by atoms with E-state index in [1.165, 1.54) is 15.2 Å². The molecule has 0 bridgehead atoms. The molecule has 4 rings (SSSR count). The summed E-state index contributed by atoms with van der Waals surface area (Å²) in [5.41, 5.74) is -0.443. The summed E-state index contributed by atoms with van der Waals surface area (Å²) in [6.07, 6.45) is 3.06. The molecule has 33 heavy (non-hydrogen) atoms. The van der Waals surface area contributed by atoms with Gasteiger partial charge in [-0.2, -0.15) is 9.97 Å². The van der Waals surface area contributed by atoms with Gasteiger partial charge in [0.1, 0.15) is 11.6 Å². The van der Waals surface area contributed by atoms with E-state index < -0.39 is 22.9 Å². The summed E-state index contributed by atoms with van der Waals surface area (Å²) in [7, 11) is 0. The number of nitrogens with one attached hydrogen (secondary N) is 1. The fraction of sp³-hybridized carbons (Fsp3) is 0.381. The Labute approximate surface area is 191 Å². The van der Waals surface area contributed by atoms with E-state index in [-0.39, 0.29) is 34.4 Å². The van der Waals surface area contributed by atoms with E-state index in [1.807, 2.05) is 6.92 Å². The number of rotatable bonds is 9. The summed E-state index contributed by atoms with van der Waals surface area (Å²) in [6.45, 7) is 2.62. The van der Waals surface area contributed by atoms with Crippen molar-refractivity contribution in [3.8, 4) is 11.5 Å². The van der Waals surface area contributed by atoms with Gasteiger partial charge in [-0.05, 0) is 43.0 Å². The molecule has 4 aromatic rings. The van der Waals surface area contributed by atoms with Crippen molar-refractivity contribution in [2.75, 3.05) is 0 Å². The smallest absolute Gasteiger partial charge is 0.332 e. The van der Waals surface area contributed by atoms with E-state index in [0.717, 1.165) is 25.0 Å².